The number of aromatic nitrogens is 1. The third-order valence-corrected chi connectivity index (χ3v) is 2.63. The molecule has 0 saturated heterocycles. The van der Waals surface area contributed by atoms with E-state index < -0.39 is 6.10 Å². The van der Waals surface area contributed by atoms with Crippen LogP contribution in [0.25, 0.3) is 10.9 Å². The summed E-state index contributed by atoms with van der Waals surface area (Å²) in [4.78, 5) is 4.29. The van der Waals surface area contributed by atoms with Crippen LogP contribution in [0.3, 0.4) is 0 Å². The number of aliphatic hydroxyl groups excluding tert-OH is 1. The van der Waals surface area contributed by atoms with Gasteiger partial charge in [0.2, 0.25) is 0 Å². The summed E-state index contributed by atoms with van der Waals surface area (Å²) in [7, 11) is 0. The summed E-state index contributed by atoms with van der Waals surface area (Å²) < 4.78 is 0. The summed E-state index contributed by atoms with van der Waals surface area (Å²) in [6, 6.07) is 7.49. The number of pyridine rings is 1. The normalized spacial score (nSPS) is 12.7. The van der Waals surface area contributed by atoms with Gasteiger partial charge in [-0.05, 0) is 31.2 Å². The quantitative estimate of drug-likeness (QED) is 0.861. The molecule has 0 saturated carbocycles. The molecule has 1 atom stereocenters. The molecule has 0 aliphatic carbocycles. The molecule has 0 bridgehead atoms. The van der Waals surface area contributed by atoms with Crippen LogP contribution in [0.4, 0.5) is 5.69 Å². The molecule has 0 fully saturated rings. The average Bonchev–Trinajstić information content (AvgIpc) is 2.28. The fraction of sp³-hybridized carbons (Fsp3) is 0.250. The monoisotopic (exact) mass is 236 g/mol. The number of anilines is 1. The molecule has 84 valence electrons. The number of halogens is 1. The zero-order valence-electron chi connectivity index (χ0n) is 8.94. The molecule has 0 spiro atoms. The lowest BCUT2D eigenvalue weighted by atomic mass is 10.2. The van der Waals surface area contributed by atoms with Crippen molar-refractivity contribution < 1.29 is 5.11 Å². The summed E-state index contributed by atoms with van der Waals surface area (Å²) in [5, 5.41) is 14.0. The van der Waals surface area contributed by atoms with Gasteiger partial charge in [-0.2, -0.15) is 0 Å². The molecule has 1 aromatic carbocycles. The maximum atomic E-state index is 9.23. The van der Waals surface area contributed by atoms with Crippen LogP contribution in [0.5, 0.6) is 0 Å². The Morgan fingerprint density at radius 1 is 1.44 bits per heavy atom. The summed E-state index contributed by atoms with van der Waals surface area (Å²) >= 11 is 6.07. The van der Waals surface area contributed by atoms with Gasteiger partial charge in [0.15, 0.2) is 0 Å². The number of fused-ring (bicyclic) bond motifs is 1. The first-order valence-electron chi connectivity index (χ1n) is 5.13. The Balaban J connectivity index is 2.42. The van der Waals surface area contributed by atoms with E-state index in [1.165, 1.54) is 0 Å². The molecular formula is C12H13ClN2O. The van der Waals surface area contributed by atoms with Crippen LogP contribution in [0, 0.1) is 0 Å². The van der Waals surface area contributed by atoms with Crippen LogP contribution in [0.1, 0.15) is 6.92 Å². The van der Waals surface area contributed by atoms with E-state index in [2.05, 4.69) is 10.3 Å². The summed E-state index contributed by atoms with van der Waals surface area (Å²) in [6.45, 7) is 2.23. The lowest BCUT2D eigenvalue weighted by molar-refractivity contribution is 0.208. The van der Waals surface area contributed by atoms with Gasteiger partial charge in [-0.3, -0.25) is 4.98 Å². The fourth-order valence-electron chi connectivity index (χ4n) is 1.54. The molecule has 3 nitrogen and oxygen atoms in total. The molecule has 0 aliphatic rings. The molecular weight excluding hydrogens is 224 g/mol. The lowest BCUT2D eigenvalue weighted by Gasteiger charge is -2.11. The zero-order valence-corrected chi connectivity index (χ0v) is 9.70. The summed E-state index contributed by atoms with van der Waals surface area (Å²) in [5.74, 6) is 0. The predicted molar refractivity (Wildman–Crippen MR) is 66.9 cm³/mol. The topological polar surface area (TPSA) is 45.1 Å². The average molecular weight is 237 g/mol. The number of hydrogen-bond donors (Lipinski definition) is 2. The lowest BCUT2D eigenvalue weighted by Crippen LogP contribution is -2.15. The first kappa shape index (κ1) is 11.2. The summed E-state index contributed by atoms with van der Waals surface area (Å²) in [5.41, 5.74) is 1.72. The van der Waals surface area contributed by atoms with Gasteiger partial charge in [0.25, 0.3) is 0 Å². The van der Waals surface area contributed by atoms with Crippen molar-refractivity contribution in [2.75, 3.05) is 11.9 Å². The largest absolute Gasteiger partial charge is 0.392 e. The van der Waals surface area contributed by atoms with E-state index in [9.17, 15) is 5.11 Å². The molecule has 4 heteroatoms. The minimum Gasteiger partial charge on any atom is -0.392 e. The Hall–Kier alpha value is -1.32. The minimum absolute atomic E-state index is 0.394. The minimum atomic E-state index is -0.394. The molecule has 1 heterocycles. The molecule has 0 unspecified atom stereocenters. The van der Waals surface area contributed by atoms with Crippen molar-refractivity contribution in [1.29, 1.82) is 0 Å². The highest BCUT2D eigenvalue weighted by molar-refractivity contribution is 6.35. The Morgan fingerprint density at radius 2 is 2.25 bits per heavy atom. The Morgan fingerprint density at radius 3 is 3.00 bits per heavy atom. The van der Waals surface area contributed by atoms with E-state index in [1.54, 1.807) is 13.1 Å². The Bertz CT molecular complexity index is 499. The van der Waals surface area contributed by atoms with Crippen LogP contribution in [0.15, 0.2) is 30.5 Å². The second kappa shape index (κ2) is 4.68. The second-order valence-electron chi connectivity index (χ2n) is 3.72. The van der Waals surface area contributed by atoms with E-state index in [1.807, 2.05) is 24.3 Å². The van der Waals surface area contributed by atoms with Crippen LogP contribution >= 0.6 is 11.6 Å². The van der Waals surface area contributed by atoms with E-state index in [0.717, 1.165) is 16.6 Å². The maximum absolute atomic E-state index is 9.23. The molecule has 1 aromatic heterocycles. The van der Waals surface area contributed by atoms with Crippen LogP contribution < -0.4 is 5.32 Å². The number of rotatable bonds is 3. The number of nitrogens with zero attached hydrogens (tertiary/aromatic N) is 1. The van der Waals surface area contributed by atoms with Crippen molar-refractivity contribution in [3.63, 3.8) is 0 Å². The van der Waals surface area contributed by atoms with Crippen LogP contribution in [-0.4, -0.2) is 22.7 Å². The first-order valence-corrected chi connectivity index (χ1v) is 5.51. The van der Waals surface area contributed by atoms with Crippen molar-refractivity contribution >= 4 is 28.2 Å². The Labute approximate surface area is 99.1 Å². The van der Waals surface area contributed by atoms with Crippen LogP contribution in [-0.2, 0) is 0 Å². The third-order valence-electron chi connectivity index (χ3n) is 2.30. The SMILES string of the molecule is C[C@H](O)CNc1ccc(Cl)c2cccnc12. The van der Waals surface area contributed by atoms with Gasteiger partial charge in [0, 0.05) is 18.1 Å². The molecule has 16 heavy (non-hydrogen) atoms. The number of benzene rings is 1. The Kier molecular flexibility index (Phi) is 3.27. The van der Waals surface area contributed by atoms with Gasteiger partial charge < -0.3 is 10.4 Å². The van der Waals surface area contributed by atoms with Crippen molar-refractivity contribution in [3.05, 3.63) is 35.5 Å². The van der Waals surface area contributed by atoms with Crippen molar-refractivity contribution in [2.45, 2.75) is 13.0 Å². The van der Waals surface area contributed by atoms with Gasteiger partial charge in [0.05, 0.1) is 22.3 Å². The number of aliphatic hydroxyl groups is 1. The molecule has 2 N–H and O–H groups in total. The van der Waals surface area contributed by atoms with Gasteiger partial charge in [-0.15, -0.1) is 0 Å². The molecule has 0 amide bonds. The summed E-state index contributed by atoms with van der Waals surface area (Å²) in [6.07, 6.45) is 1.33. The van der Waals surface area contributed by atoms with E-state index >= 15 is 0 Å². The van der Waals surface area contributed by atoms with Crippen molar-refractivity contribution in [2.24, 2.45) is 0 Å². The standard InChI is InChI=1S/C12H13ClN2O/c1-8(16)7-15-11-5-4-10(13)9-3-2-6-14-12(9)11/h2-6,8,15-16H,7H2,1H3/t8-/m0/s1. The highest BCUT2D eigenvalue weighted by atomic mass is 35.5. The van der Waals surface area contributed by atoms with E-state index in [0.29, 0.717) is 11.6 Å². The number of nitrogens with one attached hydrogen (secondary N) is 1. The van der Waals surface area contributed by atoms with Gasteiger partial charge >= 0.3 is 0 Å². The second-order valence-corrected chi connectivity index (χ2v) is 4.13. The predicted octanol–water partition coefficient (Wildman–Crippen LogP) is 2.68. The van der Waals surface area contributed by atoms with Gasteiger partial charge in [0.1, 0.15) is 0 Å². The highest BCUT2D eigenvalue weighted by Gasteiger charge is 2.05. The number of hydrogen-bond acceptors (Lipinski definition) is 3. The van der Waals surface area contributed by atoms with E-state index in [4.69, 9.17) is 11.6 Å². The van der Waals surface area contributed by atoms with Crippen molar-refractivity contribution in [3.8, 4) is 0 Å². The molecule has 0 aliphatic heterocycles. The third kappa shape index (κ3) is 2.26. The fourth-order valence-corrected chi connectivity index (χ4v) is 1.75. The van der Waals surface area contributed by atoms with Crippen molar-refractivity contribution in [1.82, 2.24) is 4.98 Å². The molecule has 0 radical (unpaired) electrons. The first-order chi connectivity index (χ1) is 7.68. The van der Waals surface area contributed by atoms with Gasteiger partial charge in [-0.25, -0.2) is 0 Å². The molecule has 2 aromatic rings. The van der Waals surface area contributed by atoms with Crippen LogP contribution in [0.2, 0.25) is 5.02 Å². The zero-order chi connectivity index (χ0) is 11.5. The smallest absolute Gasteiger partial charge is 0.0948 e. The van der Waals surface area contributed by atoms with Gasteiger partial charge in [-0.1, -0.05) is 11.6 Å². The maximum Gasteiger partial charge on any atom is 0.0948 e. The molecule has 2 rings (SSSR count). The van der Waals surface area contributed by atoms with E-state index in [-0.39, 0.29) is 0 Å². The highest BCUT2D eigenvalue weighted by Crippen LogP contribution is 2.27.